The number of carbonyl (C=O) groups excluding carboxylic acids is 2. The number of benzene rings is 1. The largest absolute Gasteiger partial charge is 0.748 e. The van der Waals surface area contributed by atoms with Gasteiger partial charge in [0.05, 0.1) is 17.4 Å². The van der Waals surface area contributed by atoms with Crippen molar-refractivity contribution < 1.29 is 27.4 Å². The van der Waals surface area contributed by atoms with Gasteiger partial charge in [0.1, 0.15) is 28.0 Å². The number of rotatable bonds is 11. The van der Waals surface area contributed by atoms with Gasteiger partial charge in [-0.2, -0.15) is 4.28 Å². The predicted octanol–water partition coefficient (Wildman–Crippen LogP) is 3.79. The average molecular weight is 526 g/mol. The fraction of sp³-hybridized carbons (Fsp3) is 0.522. The number of nitrogens with zero attached hydrogens (tertiary/aromatic N) is 1. The summed E-state index contributed by atoms with van der Waals surface area (Å²) in [4.78, 5) is 30.2. The number of aromatic nitrogens is 1. The van der Waals surface area contributed by atoms with Gasteiger partial charge >= 0.3 is 6.09 Å². The van der Waals surface area contributed by atoms with Gasteiger partial charge in [-0.3, -0.25) is 10.3 Å². The van der Waals surface area contributed by atoms with Crippen molar-refractivity contribution in [3.63, 3.8) is 0 Å². The summed E-state index contributed by atoms with van der Waals surface area (Å²) in [5, 5.41) is 8.43. The lowest BCUT2D eigenvalue weighted by Gasteiger charge is -2.27. The zero-order valence-electron chi connectivity index (χ0n) is 20.7. The molecule has 1 aromatic carbocycles. The van der Waals surface area contributed by atoms with Crippen molar-refractivity contribution in [2.24, 2.45) is 5.92 Å². The standard InChI is InChI=1S/C23H34N4O6S2/c1-7-16-13-34-21(24-16)18(12-15-8-10-17(11-9-15)27-33-35(30)31)25-20(28)19(14(2)3)26-22(29)32-23(4,5)6/h8-11,13-14,18-19,27H,7,12H2,1-6H3,(H,25,28)(H,26,29)(H,30,31)/p-1/t18-,19-/m0/s1. The second-order valence-electron chi connectivity index (χ2n) is 9.25. The van der Waals surface area contributed by atoms with Crippen LogP contribution in [0.3, 0.4) is 0 Å². The van der Waals surface area contributed by atoms with Crippen molar-refractivity contribution >= 4 is 40.4 Å². The number of nitrogens with one attached hydrogen (secondary N) is 3. The van der Waals surface area contributed by atoms with E-state index in [1.807, 2.05) is 26.2 Å². The number of anilines is 1. The van der Waals surface area contributed by atoms with Gasteiger partial charge in [0.25, 0.3) is 0 Å². The van der Waals surface area contributed by atoms with E-state index in [1.54, 1.807) is 45.0 Å². The van der Waals surface area contributed by atoms with Crippen LogP contribution in [0, 0.1) is 5.92 Å². The molecular weight excluding hydrogens is 492 g/mol. The Morgan fingerprint density at radius 1 is 1.17 bits per heavy atom. The molecule has 2 aromatic rings. The first-order valence-electron chi connectivity index (χ1n) is 11.2. The fourth-order valence-electron chi connectivity index (χ4n) is 3.10. The number of aryl methyl sites for hydroxylation is 1. The number of carbonyl (C=O) groups is 2. The summed E-state index contributed by atoms with van der Waals surface area (Å²) in [6, 6.07) is 5.70. The normalized spacial score (nSPS) is 14.2. The summed E-state index contributed by atoms with van der Waals surface area (Å²) >= 11 is -1.22. The van der Waals surface area contributed by atoms with Gasteiger partial charge in [-0.15, -0.1) is 11.3 Å². The molecule has 12 heteroatoms. The summed E-state index contributed by atoms with van der Waals surface area (Å²) in [7, 11) is 0. The molecule has 3 N–H and O–H groups in total. The van der Waals surface area contributed by atoms with E-state index < -0.39 is 35.1 Å². The third-order valence-electron chi connectivity index (χ3n) is 4.79. The second kappa shape index (κ2) is 13.0. The molecule has 35 heavy (non-hydrogen) atoms. The summed E-state index contributed by atoms with van der Waals surface area (Å²) in [5.74, 6) is -0.517. The fourth-order valence-corrected chi connectivity index (χ4v) is 4.22. The van der Waals surface area contributed by atoms with Crippen LogP contribution >= 0.6 is 11.3 Å². The zero-order valence-corrected chi connectivity index (χ0v) is 22.4. The smallest absolute Gasteiger partial charge is 0.408 e. The Kier molecular flexibility index (Phi) is 10.6. The van der Waals surface area contributed by atoms with Crippen LogP contribution in [0.2, 0.25) is 0 Å². The van der Waals surface area contributed by atoms with Crippen molar-refractivity contribution in [1.29, 1.82) is 0 Å². The molecular formula is C23H33N4O6S2-. The minimum atomic E-state index is -2.68. The lowest BCUT2D eigenvalue weighted by atomic mass is 10.0. The van der Waals surface area contributed by atoms with E-state index in [9.17, 15) is 18.4 Å². The highest BCUT2D eigenvalue weighted by Gasteiger charge is 2.29. The van der Waals surface area contributed by atoms with Crippen molar-refractivity contribution in [3.05, 3.63) is 45.9 Å². The lowest BCUT2D eigenvalue weighted by molar-refractivity contribution is -0.125. The Morgan fingerprint density at radius 3 is 2.34 bits per heavy atom. The Balaban J connectivity index is 2.19. The zero-order chi connectivity index (χ0) is 26.2. The highest BCUT2D eigenvalue weighted by Crippen LogP contribution is 2.24. The predicted molar refractivity (Wildman–Crippen MR) is 134 cm³/mol. The SMILES string of the molecule is CCc1csc([C@H](Cc2ccc(NOS(=O)[O-])cc2)NC(=O)[C@@H](NC(=O)OC(C)(C)C)C(C)C)n1. The van der Waals surface area contributed by atoms with E-state index in [4.69, 9.17) is 4.74 Å². The number of thiazole rings is 1. The summed E-state index contributed by atoms with van der Waals surface area (Å²) in [6.45, 7) is 11.0. The molecule has 0 radical (unpaired) electrons. The molecule has 0 aliphatic heterocycles. The van der Waals surface area contributed by atoms with E-state index in [1.165, 1.54) is 11.3 Å². The quantitative estimate of drug-likeness (QED) is 0.297. The molecule has 0 saturated carbocycles. The van der Waals surface area contributed by atoms with E-state index in [0.717, 1.165) is 22.7 Å². The molecule has 2 rings (SSSR count). The maximum atomic E-state index is 13.2. The van der Waals surface area contributed by atoms with Crippen LogP contribution in [-0.4, -0.2) is 37.4 Å². The van der Waals surface area contributed by atoms with Gasteiger partial charge in [-0.1, -0.05) is 32.9 Å². The highest BCUT2D eigenvalue weighted by molar-refractivity contribution is 7.74. The molecule has 10 nitrogen and oxygen atoms in total. The number of alkyl carbamates (subject to hydrolysis) is 1. The monoisotopic (exact) mass is 525 g/mol. The molecule has 194 valence electrons. The number of amides is 2. The van der Waals surface area contributed by atoms with Crippen LogP contribution in [0.4, 0.5) is 10.5 Å². The molecule has 0 spiro atoms. The van der Waals surface area contributed by atoms with Gasteiger partial charge in [0.2, 0.25) is 5.91 Å². The Morgan fingerprint density at radius 2 is 1.83 bits per heavy atom. The van der Waals surface area contributed by atoms with Crippen molar-refractivity contribution in [2.45, 2.75) is 72.1 Å². The Hall–Kier alpha value is -2.54. The number of ether oxygens (including phenoxy) is 1. The molecule has 2 amide bonds. The van der Waals surface area contributed by atoms with Crippen LogP contribution < -0.4 is 16.1 Å². The number of hydrogen-bond acceptors (Lipinski definition) is 9. The molecule has 1 heterocycles. The van der Waals surface area contributed by atoms with Crippen molar-refractivity contribution in [1.82, 2.24) is 15.6 Å². The van der Waals surface area contributed by atoms with E-state index in [-0.39, 0.29) is 11.8 Å². The van der Waals surface area contributed by atoms with Crippen molar-refractivity contribution in [2.75, 3.05) is 5.48 Å². The maximum Gasteiger partial charge on any atom is 0.408 e. The van der Waals surface area contributed by atoms with Crippen LogP contribution in [-0.2, 0) is 38.0 Å². The maximum absolute atomic E-state index is 13.2. The van der Waals surface area contributed by atoms with Gasteiger partial charge in [0, 0.05) is 5.38 Å². The molecule has 3 atom stereocenters. The van der Waals surface area contributed by atoms with Gasteiger partial charge in [-0.25, -0.2) is 14.0 Å². The summed E-state index contributed by atoms with van der Waals surface area (Å²) in [5.41, 5.74) is 3.91. The van der Waals surface area contributed by atoms with E-state index in [2.05, 4.69) is 25.4 Å². The molecule has 1 aromatic heterocycles. The van der Waals surface area contributed by atoms with Crippen LogP contribution in [0.1, 0.15) is 63.8 Å². The first-order valence-corrected chi connectivity index (χ1v) is 13.1. The van der Waals surface area contributed by atoms with Gasteiger partial charge in [-0.05, 0) is 57.2 Å². The first-order chi connectivity index (χ1) is 16.4. The van der Waals surface area contributed by atoms with E-state index in [0.29, 0.717) is 12.1 Å². The lowest BCUT2D eigenvalue weighted by Crippen LogP contribution is -2.51. The average Bonchev–Trinajstić information content (AvgIpc) is 3.24. The minimum absolute atomic E-state index is 0.178. The Bertz CT molecular complexity index is 1000. The second-order valence-corrected chi connectivity index (χ2v) is 10.7. The van der Waals surface area contributed by atoms with E-state index >= 15 is 0 Å². The minimum Gasteiger partial charge on any atom is -0.748 e. The topological polar surface area (TPSA) is 142 Å². The van der Waals surface area contributed by atoms with Gasteiger partial charge < -0.3 is 19.9 Å². The van der Waals surface area contributed by atoms with Crippen LogP contribution in [0.15, 0.2) is 29.6 Å². The van der Waals surface area contributed by atoms with Gasteiger partial charge in [0.15, 0.2) is 0 Å². The highest BCUT2D eigenvalue weighted by atomic mass is 32.2. The van der Waals surface area contributed by atoms with Crippen LogP contribution in [0.5, 0.6) is 0 Å². The van der Waals surface area contributed by atoms with Crippen molar-refractivity contribution in [3.8, 4) is 0 Å². The first kappa shape index (κ1) is 28.7. The molecule has 0 aliphatic carbocycles. The third-order valence-corrected chi connectivity index (χ3v) is 6.02. The summed E-state index contributed by atoms with van der Waals surface area (Å²) < 4.78 is 30.8. The summed E-state index contributed by atoms with van der Waals surface area (Å²) in [6.07, 6.45) is 0.552. The molecule has 0 bridgehead atoms. The Labute approximate surface area is 212 Å². The molecule has 0 aliphatic rings. The molecule has 0 fully saturated rings. The third kappa shape index (κ3) is 9.92. The molecule has 0 saturated heterocycles. The molecule has 1 unspecified atom stereocenters. The van der Waals surface area contributed by atoms with Crippen LogP contribution in [0.25, 0.3) is 0 Å². The number of hydrogen-bond donors (Lipinski definition) is 3.